The molecule has 3 rings (SSSR count). The van der Waals surface area contributed by atoms with Crippen LogP contribution >= 0.6 is 11.3 Å². The molecule has 1 saturated carbocycles. The average molecular weight is 220 g/mol. The van der Waals surface area contributed by atoms with E-state index < -0.39 is 0 Å². The Morgan fingerprint density at radius 1 is 1.47 bits per heavy atom. The van der Waals surface area contributed by atoms with E-state index in [1.807, 2.05) is 17.9 Å². The molecule has 2 heterocycles. The third-order valence-corrected chi connectivity index (χ3v) is 3.23. The summed E-state index contributed by atoms with van der Waals surface area (Å²) in [6.45, 7) is 0.885. The monoisotopic (exact) mass is 220 g/mol. The molecule has 2 aromatic heterocycles. The van der Waals surface area contributed by atoms with Crippen LogP contribution in [0.4, 0.5) is 0 Å². The van der Waals surface area contributed by atoms with Gasteiger partial charge in [-0.05, 0) is 12.8 Å². The number of aromatic nitrogens is 3. The van der Waals surface area contributed by atoms with Gasteiger partial charge in [-0.1, -0.05) is 0 Å². The Kier molecular flexibility index (Phi) is 2.26. The number of nitrogens with one attached hydrogen (secondary N) is 2. The minimum Gasteiger partial charge on any atom is -0.340 e. The molecule has 1 fully saturated rings. The van der Waals surface area contributed by atoms with Crippen molar-refractivity contribution in [1.82, 2.24) is 20.3 Å². The molecule has 0 unspecified atom stereocenters. The van der Waals surface area contributed by atoms with Crippen molar-refractivity contribution < 1.29 is 0 Å². The molecule has 0 atom stereocenters. The van der Waals surface area contributed by atoms with Crippen molar-refractivity contribution in [1.29, 1.82) is 0 Å². The molecule has 2 N–H and O–H groups in total. The van der Waals surface area contributed by atoms with E-state index in [1.165, 1.54) is 12.8 Å². The van der Waals surface area contributed by atoms with Crippen LogP contribution in [0, 0.1) is 0 Å². The normalized spacial score (nSPS) is 15.7. The van der Waals surface area contributed by atoms with Crippen LogP contribution in [0.1, 0.15) is 18.5 Å². The second kappa shape index (κ2) is 3.75. The minimum atomic E-state index is 0.736. The number of hydrogen-bond donors (Lipinski definition) is 2. The molecule has 4 nitrogen and oxygen atoms in total. The van der Waals surface area contributed by atoms with E-state index in [0.717, 1.165) is 29.0 Å². The van der Waals surface area contributed by atoms with E-state index >= 15 is 0 Å². The number of H-pyrrole nitrogens is 1. The molecule has 0 aromatic carbocycles. The number of rotatable bonds is 4. The van der Waals surface area contributed by atoms with Crippen molar-refractivity contribution in [3.05, 3.63) is 23.6 Å². The SMILES string of the molecule is c1ncc(-c2ncc(CNC3CC3)[nH]2)s1. The molecule has 1 aliphatic rings. The van der Waals surface area contributed by atoms with Crippen molar-refractivity contribution >= 4 is 11.3 Å². The molecule has 0 radical (unpaired) electrons. The zero-order chi connectivity index (χ0) is 10.1. The maximum absolute atomic E-state index is 4.33. The molecule has 0 spiro atoms. The van der Waals surface area contributed by atoms with E-state index in [9.17, 15) is 0 Å². The van der Waals surface area contributed by atoms with Crippen molar-refractivity contribution in [2.75, 3.05) is 0 Å². The molecule has 5 heteroatoms. The summed E-state index contributed by atoms with van der Waals surface area (Å²) in [7, 11) is 0. The van der Waals surface area contributed by atoms with Crippen molar-refractivity contribution in [2.45, 2.75) is 25.4 Å². The average Bonchev–Trinajstić information content (AvgIpc) is 2.78. The fourth-order valence-electron chi connectivity index (χ4n) is 1.45. The molecular weight excluding hydrogens is 208 g/mol. The van der Waals surface area contributed by atoms with Crippen LogP contribution in [-0.2, 0) is 6.54 Å². The summed E-state index contributed by atoms with van der Waals surface area (Å²) < 4.78 is 0. The molecule has 0 amide bonds. The Hall–Kier alpha value is -1.20. The third-order valence-electron chi connectivity index (χ3n) is 2.45. The van der Waals surface area contributed by atoms with Crippen LogP contribution in [0.25, 0.3) is 10.7 Å². The van der Waals surface area contributed by atoms with Gasteiger partial charge in [0.05, 0.1) is 10.4 Å². The highest BCUT2D eigenvalue weighted by Gasteiger charge is 2.20. The Labute approximate surface area is 91.8 Å². The fourth-order valence-corrected chi connectivity index (χ4v) is 2.02. The topological polar surface area (TPSA) is 53.6 Å². The first-order valence-electron chi connectivity index (χ1n) is 5.08. The van der Waals surface area contributed by atoms with Crippen molar-refractivity contribution in [3.63, 3.8) is 0 Å². The summed E-state index contributed by atoms with van der Waals surface area (Å²) in [6, 6.07) is 0.736. The maximum Gasteiger partial charge on any atom is 0.149 e. The number of imidazole rings is 1. The van der Waals surface area contributed by atoms with Gasteiger partial charge in [-0.2, -0.15) is 0 Å². The predicted octanol–water partition coefficient (Wildman–Crippen LogP) is 1.79. The zero-order valence-electron chi connectivity index (χ0n) is 8.23. The highest BCUT2D eigenvalue weighted by Crippen LogP contribution is 2.21. The largest absolute Gasteiger partial charge is 0.340 e. The van der Waals surface area contributed by atoms with Gasteiger partial charge >= 0.3 is 0 Å². The number of thiazole rings is 1. The lowest BCUT2D eigenvalue weighted by Crippen LogP contribution is -2.15. The van der Waals surface area contributed by atoms with Gasteiger partial charge in [0.1, 0.15) is 5.82 Å². The van der Waals surface area contributed by atoms with Crippen LogP contribution in [0.5, 0.6) is 0 Å². The van der Waals surface area contributed by atoms with Gasteiger partial charge in [0.15, 0.2) is 0 Å². The lowest BCUT2D eigenvalue weighted by Gasteiger charge is -1.97. The van der Waals surface area contributed by atoms with Gasteiger partial charge in [-0.25, -0.2) is 4.98 Å². The van der Waals surface area contributed by atoms with Gasteiger partial charge in [0.2, 0.25) is 0 Å². The fraction of sp³-hybridized carbons (Fsp3) is 0.400. The predicted molar refractivity (Wildman–Crippen MR) is 59.6 cm³/mol. The molecule has 0 bridgehead atoms. The Morgan fingerprint density at radius 3 is 3.13 bits per heavy atom. The smallest absolute Gasteiger partial charge is 0.149 e. The molecule has 15 heavy (non-hydrogen) atoms. The quantitative estimate of drug-likeness (QED) is 0.826. The Morgan fingerprint density at radius 2 is 2.40 bits per heavy atom. The summed E-state index contributed by atoms with van der Waals surface area (Å²) in [5, 5.41) is 3.45. The number of aromatic amines is 1. The highest BCUT2D eigenvalue weighted by atomic mass is 32.1. The van der Waals surface area contributed by atoms with Crippen LogP contribution in [-0.4, -0.2) is 21.0 Å². The van der Waals surface area contributed by atoms with E-state index in [0.29, 0.717) is 0 Å². The molecular formula is C10H12N4S. The van der Waals surface area contributed by atoms with Crippen LogP contribution in [0.3, 0.4) is 0 Å². The van der Waals surface area contributed by atoms with Gasteiger partial charge in [0, 0.05) is 30.7 Å². The van der Waals surface area contributed by atoms with Crippen LogP contribution < -0.4 is 5.32 Å². The number of nitrogens with zero attached hydrogens (tertiary/aromatic N) is 2. The zero-order valence-corrected chi connectivity index (χ0v) is 9.05. The van der Waals surface area contributed by atoms with Gasteiger partial charge in [0.25, 0.3) is 0 Å². The van der Waals surface area contributed by atoms with Crippen LogP contribution in [0.2, 0.25) is 0 Å². The standard InChI is InChI=1S/C10H12N4S/c1-2-7(1)12-3-8-4-13-10(14-8)9-5-11-6-15-9/h4-7,12H,1-3H2,(H,13,14). The Balaban J connectivity index is 1.69. The molecule has 2 aromatic rings. The van der Waals surface area contributed by atoms with Gasteiger partial charge in [-0.3, -0.25) is 4.98 Å². The number of hydrogen-bond acceptors (Lipinski definition) is 4. The highest BCUT2D eigenvalue weighted by molar-refractivity contribution is 7.13. The minimum absolute atomic E-state index is 0.736. The molecule has 1 aliphatic carbocycles. The van der Waals surface area contributed by atoms with E-state index in [4.69, 9.17) is 0 Å². The van der Waals surface area contributed by atoms with Crippen molar-refractivity contribution in [3.8, 4) is 10.7 Å². The van der Waals surface area contributed by atoms with Gasteiger partial charge < -0.3 is 10.3 Å². The van der Waals surface area contributed by atoms with E-state index in [-0.39, 0.29) is 0 Å². The summed E-state index contributed by atoms with van der Waals surface area (Å²) in [6.07, 6.45) is 6.36. The summed E-state index contributed by atoms with van der Waals surface area (Å²) in [5.74, 6) is 0.921. The molecule has 0 saturated heterocycles. The van der Waals surface area contributed by atoms with Gasteiger partial charge in [-0.15, -0.1) is 11.3 Å². The lowest BCUT2D eigenvalue weighted by atomic mass is 10.4. The van der Waals surface area contributed by atoms with E-state index in [2.05, 4.69) is 20.3 Å². The van der Waals surface area contributed by atoms with Crippen molar-refractivity contribution in [2.24, 2.45) is 0 Å². The maximum atomic E-state index is 4.33. The first-order valence-corrected chi connectivity index (χ1v) is 5.96. The lowest BCUT2D eigenvalue weighted by molar-refractivity contribution is 0.677. The summed E-state index contributed by atoms with van der Waals surface area (Å²) >= 11 is 1.60. The second-order valence-corrected chi connectivity index (χ2v) is 4.66. The second-order valence-electron chi connectivity index (χ2n) is 3.78. The third kappa shape index (κ3) is 2.08. The molecule has 0 aliphatic heterocycles. The van der Waals surface area contributed by atoms with E-state index in [1.54, 1.807) is 11.3 Å². The molecule has 78 valence electrons. The summed E-state index contributed by atoms with van der Waals surface area (Å²) in [5.41, 5.74) is 2.96. The summed E-state index contributed by atoms with van der Waals surface area (Å²) in [4.78, 5) is 12.8. The first kappa shape index (κ1) is 9.06. The first-order chi connectivity index (χ1) is 7.42. The Bertz CT molecular complexity index is 430. The van der Waals surface area contributed by atoms with Crippen LogP contribution in [0.15, 0.2) is 17.9 Å².